The highest BCUT2D eigenvalue weighted by Crippen LogP contribution is 2.35. The van der Waals surface area contributed by atoms with Crippen LogP contribution in [0.1, 0.15) is 38.7 Å². The second-order valence-electron chi connectivity index (χ2n) is 6.40. The highest BCUT2D eigenvalue weighted by molar-refractivity contribution is 5.19. The van der Waals surface area contributed by atoms with Gasteiger partial charge in [0.15, 0.2) is 11.6 Å². The van der Waals surface area contributed by atoms with Crippen molar-refractivity contribution in [2.45, 2.75) is 45.6 Å². The molecule has 3 atom stereocenters. The van der Waals surface area contributed by atoms with Crippen molar-refractivity contribution >= 4 is 0 Å². The van der Waals surface area contributed by atoms with Gasteiger partial charge in [-0.05, 0) is 61.1 Å². The predicted molar refractivity (Wildman–Crippen MR) is 76.8 cm³/mol. The molecular weight excluding hydrogens is 258 g/mol. The van der Waals surface area contributed by atoms with Crippen LogP contribution in [0.3, 0.4) is 0 Å². The van der Waals surface area contributed by atoms with Crippen molar-refractivity contribution in [3.63, 3.8) is 0 Å². The molecule has 0 heterocycles. The summed E-state index contributed by atoms with van der Waals surface area (Å²) < 4.78 is 26.2. The Morgan fingerprint density at radius 2 is 1.80 bits per heavy atom. The van der Waals surface area contributed by atoms with Crippen LogP contribution in [0.2, 0.25) is 0 Å². The van der Waals surface area contributed by atoms with Gasteiger partial charge in [0.25, 0.3) is 0 Å². The number of hydrogen-bond donors (Lipinski definition) is 2. The molecule has 0 spiro atoms. The third kappa shape index (κ3) is 3.76. The van der Waals surface area contributed by atoms with Crippen LogP contribution in [0.5, 0.6) is 0 Å². The van der Waals surface area contributed by atoms with Crippen LogP contribution in [0.4, 0.5) is 8.78 Å². The summed E-state index contributed by atoms with van der Waals surface area (Å²) in [6.07, 6.45) is 4.18. The first-order valence-corrected chi connectivity index (χ1v) is 7.39. The normalized spacial score (nSPS) is 28.4. The van der Waals surface area contributed by atoms with E-state index in [4.69, 9.17) is 5.84 Å². The molecule has 20 heavy (non-hydrogen) atoms. The summed E-state index contributed by atoms with van der Waals surface area (Å²) in [5.41, 5.74) is 3.67. The van der Waals surface area contributed by atoms with Gasteiger partial charge in [-0.3, -0.25) is 11.3 Å². The van der Waals surface area contributed by atoms with Gasteiger partial charge in [0, 0.05) is 6.04 Å². The number of hydrazine groups is 1. The van der Waals surface area contributed by atoms with E-state index in [0.29, 0.717) is 24.2 Å². The minimum atomic E-state index is -0.800. The summed E-state index contributed by atoms with van der Waals surface area (Å²) in [6.45, 7) is 4.54. The van der Waals surface area contributed by atoms with Gasteiger partial charge in [-0.15, -0.1) is 0 Å². The molecule has 1 fully saturated rings. The Morgan fingerprint density at radius 3 is 2.35 bits per heavy atom. The highest BCUT2D eigenvalue weighted by Gasteiger charge is 2.29. The monoisotopic (exact) mass is 282 g/mol. The number of rotatable bonds is 4. The third-order valence-corrected chi connectivity index (χ3v) is 4.44. The van der Waals surface area contributed by atoms with Crippen molar-refractivity contribution in [1.29, 1.82) is 0 Å². The van der Waals surface area contributed by atoms with E-state index in [1.807, 2.05) is 0 Å². The van der Waals surface area contributed by atoms with Gasteiger partial charge in [-0.25, -0.2) is 8.78 Å². The largest absolute Gasteiger partial charge is 0.271 e. The van der Waals surface area contributed by atoms with Gasteiger partial charge >= 0.3 is 0 Å². The number of hydrogen-bond acceptors (Lipinski definition) is 2. The molecule has 2 nitrogen and oxygen atoms in total. The zero-order valence-corrected chi connectivity index (χ0v) is 12.2. The molecule has 0 saturated heterocycles. The SMILES string of the molecule is CC1CC(C)CC(C(Cc2ccc(F)c(F)c2)NN)C1. The summed E-state index contributed by atoms with van der Waals surface area (Å²) >= 11 is 0. The lowest BCUT2D eigenvalue weighted by atomic mass is 9.73. The highest BCUT2D eigenvalue weighted by atomic mass is 19.2. The molecule has 0 aromatic heterocycles. The second kappa shape index (κ2) is 6.64. The zero-order chi connectivity index (χ0) is 14.7. The van der Waals surface area contributed by atoms with Crippen molar-refractivity contribution < 1.29 is 8.78 Å². The number of nitrogens with one attached hydrogen (secondary N) is 1. The van der Waals surface area contributed by atoms with Gasteiger partial charge in [-0.1, -0.05) is 19.9 Å². The van der Waals surface area contributed by atoms with E-state index in [0.717, 1.165) is 18.4 Å². The maximum absolute atomic E-state index is 13.3. The average molecular weight is 282 g/mol. The van der Waals surface area contributed by atoms with Crippen molar-refractivity contribution in [3.8, 4) is 0 Å². The van der Waals surface area contributed by atoms with Crippen LogP contribution in [-0.2, 0) is 6.42 Å². The third-order valence-electron chi connectivity index (χ3n) is 4.44. The lowest BCUT2D eigenvalue weighted by Gasteiger charge is -2.36. The van der Waals surface area contributed by atoms with Gasteiger partial charge in [-0.2, -0.15) is 0 Å². The molecule has 2 rings (SSSR count). The molecule has 1 aromatic carbocycles. The molecule has 0 bridgehead atoms. The molecule has 3 N–H and O–H groups in total. The topological polar surface area (TPSA) is 38.0 Å². The van der Waals surface area contributed by atoms with Crippen LogP contribution in [0, 0.1) is 29.4 Å². The summed E-state index contributed by atoms with van der Waals surface area (Å²) in [7, 11) is 0. The predicted octanol–water partition coefficient (Wildman–Crippen LogP) is 3.41. The summed E-state index contributed by atoms with van der Waals surface area (Å²) in [5, 5.41) is 0. The number of benzene rings is 1. The maximum Gasteiger partial charge on any atom is 0.159 e. The van der Waals surface area contributed by atoms with Crippen molar-refractivity contribution in [2.24, 2.45) is 23.6 Å². The molecule has 0 amide bonds. The van der Waals surface area contributed by atoms with E-state index in [9.17, 15) is 8.78 Å². The van der Waals surface area contributed by atoms with E-state index in [-0.39, 0.29) is 6.04 Å². The minimum Gasteiger partial charge on any atom is -0.271 e. The van der Waals surface area contributed by atoms with E-state index in [1.54, 1.807) is 6.07 Å². The fourth-order valence-electron chi connectivity index (χ4n) is 3.62. The van der Waals surface area contributed by atoms with Crippen LogP contribution in [0.25, 0.3) is 0 Å². The number of nitrogens with two attached hydrogens (primary N) is 1. The zero-order valence-electron chi connectivity index (χ0n) is 12.2. The van der Waals surface area contributed by atoms with Gasteiger partial charge < -0.3 is 0 Å². The Labute approximate surface area is 119 Å². The molecule has 1 saturated carbocycles. The summed E-state index contributed by atoms with van der Waals surface area (Å²) in [4.78, 5) is 0. The Morgan fingerprint density at radius 1 is 1.15 bits per heavy atom. The summed E-state index contributed by atoms with van der Waals surface area (Å²) in [5.74, 6) is 5.99. The Kier molecular flexibility index (Phi) is 5.11. The van der Waals surface area contributed by atoms with Gasteiger partial charge in [0.2, 0.25) is 0 Å². The first-order chi connectivity index (χ1) is 9.49. The first kappa shape index (κ1) is 15.4. The molecule has 3 unspecified atom stereocenters. The van der Waals surface area contributed by atoms with Crippen LogP contribution in [0.15, 0.2) is 18.2 Å². The summed E-state index contributed by atoms with van der Waals surface area (Å²) in [6, 6.07) is 4.21. The lowest BCUT2D eigenvalue weighted by molar-refractivity contribution is 0.175. The molecule has 0 radical (unpaired) electrons. The smallest absolute Gasteiger partial charge is 0.159 e. The minimum absolute atomic E-state index is 0.116. The van der Waals surface area contributed by atoms with Crippen molar-refractivity contribution in [3.05, 3.63) is 35.4 Å². The molecule has 1 aromatic rings. The fourth-order valence-corrected chi connectivity index (χ4v) is 3.62. The standard InChI is InChI=1S/C16H24F2N2/c1-10-5-11(2)7-13(6-10)16(20-19)9-12-3-4-14(17)15(18)8-12/h3-4,8,10-11,13,16,20H,5-7,9,19H2,1-2H3. The van der Waals surface area contributed by atoms with Crippen molar-refractivity contribution in [1.82, 2.24) is 5.43 Å². The molecular formula is C16H24F2N2. The van der Waals surface area contributed by atoms with E-state index >= 15 is 0 Å². The number of halogens is 2. The molecule has 1 aliphatic carbocycles. The van der Waals surface area contributed by atoms with E-state index in [1.165, 1.54) is 18.6 Å². The Bertz CT molecular complexity index is 440. The van der Waals surface area contributed by atoms with Gasteiger partial charge in [0.05, 0.1) is 0 Å². The van der Waals surface area contributed by atoms with Crippen LogP contribution in [-0.4, -0.2) is 6.04 Å². The molecule has 0 aliphatic heterocycles. The first-order valence-electron chi connectivity index (χ1n) is 7.39. The van der Waals surface area contributed by atoms with E-state index < -0.39 is 11.6 Å². The second-order valence-corrected chi connectivity index (χ2v) is 6.40. The van der Waals surface area contributed by atoms with Crippen LogP contribution < -0.4 is 11.3 Å². The quantitative estimate of drug-likeness (QED) is 0.656. The fraction of sp³-hybridized carbons (Fsp3) is 0.625. The van der Waals surface area contributed by atoms with Gasteiger partial charge in [0.1, 0.15) is 0 Å². The van der Waals surface area contributed by atoms with E-state index in [2.05, 4.69) is 19.3 Å². The average Bonchev–Trinajstić information content (AvgIpc) is 2.38. The Hall–Kier alpha value is -1.00. The molecule has 112 valence electrons. The van der Waals surface area contributed by atoms with Crippen molar-refractivity contribution in [2.75, 3.05) is 0 Å². The molecule has 1 aliphatic rings. The maximum atomic E-state index is 13.3. The molecule has 4 heteroatoms. The van der Waals surface area contributed by atoms with Crippen LogP contribution >= 0.6 is 0 Å². The lowest BCUT2D eigenvalue weighted by Crippen LogP contribution is -2.44. The Balaban J connectivity index is 2.06.